The number of aromatic nitrogens is 1. The van der Waals surface area contributed by atoms with E-state index in [2.05, 4.69) is 38.7 Å². The number of pyridine rings is 1. The highest BCUT2D eigenvalue weighted by Crippen LogP contribution is 2.50. The quantitative estimate of drug-likeness (QED) is 0.246. The molecule has 1 aromatic heterocycles. The van der Waals surface area contributed by atoms with E-state index < -0.39 is 15.7 Å². The molecule has 1 aliphatic carbocycles. The van der Waals surface area contributed by atoms with Gasteiger partial charge in [-0.25, -0.2) is 12.8 Å². The zero-order valence-electron chi connectivity index (χ0n) is 22.3. The molecule has 5 unspecified atom stereocenters. The third-order valence-corrected chi connectivity index (χ3v) is 9.27. The molecule has 1 aliphatic rings. The highest BCUT2D eigenvalue weighted by atomic mass is 35.5. The first-order valence-electron chi connectivity index (χ1n) is 13.3. The Bertz CT molecular complexity index is 1120. The molecule has 0 N–H and O–H groups in total. The van der Waals surface area contributed by atoms with Gasteiger partial charge in [0.1, 0.15) is 16.5 Å². The normalized spacial score (nSPS) is 20.1. The average molecular weight is 538 g/mol. The van der Waals surface area contributed by atoms with E-state index in [1.165, 1.54) is 61.6 Å². The molecule has 2 aromatic rings. The topological polar surface area (TPSA) is 56.3 Å². The predicted octanol–water partition coefficient (Wildman–Crippen LogP) is 7.88. The van der Waals surface area contributed by atoms with Crippen molar-refractivity contribution < 1.29 is 17.5 Å². The lowest BCUT2D eigenvalue weighted by molar-refractivity contribution is 0.279. The summed E-state index contributed by atoms with van der Waals surface area (Å²) in [7, 11) is -3.57. The molecule has 0 bridgehead atoms. The zero-order valence-corrected chi connectivity index (χ0v) is 23.8. The fraction of sp³-hybridized carbons (Fsp3) is 0.621. The summed E-state index contributed by atoms with van der Waals surface area (Å²) in [4.78, 5) is 4.38. The lowest BCUT2D eigenvalue weighted by Gasteiger charge is -2.24. The van der Waals surface area contributed by atoms with E-state index in [1.807, 2.05) is 0 Å². The van der Waals surface area contributed by atoms with Gasteiger partial charge in [0, 0.05) is 30.1 Å². The van der Waals surface area contributed by atoms with E-state index in [0.717, 1.165) is 30.9 Å². The molecule has 3 rings (SSSR count). The Morgan fingerprint density at radius 3 is 2.56 bits per heavy atom. The Balaban J connectivity index is 1.48. The molecule has 0 spiro atoms. The van der Waals surface area contributed by atoms with Crippen molar-refractivity contribution in [2.45, 2.75) is 83.5 Å². The maximum Gasteiger partial charge on any atom is 0.178 e. The van der Waals surface area contributed by atoms with Crippen molar-refractivity contribution in [1.29, 1.82) is 0 Å². The molecule has 7 heteroatoms. The van der Waals surface area contributed by atoms with Crippen LogP contribution in [0.3, 0.4) is 0 Å². The SMILES string of the molecule is CCCC(CCC(C)C(C)c1ncc(Cl)cc1CC)C1CC1CCOc1ccc(S(C)(=O)=O)c(F)c1. The monoisotopic (exact) mass is 537 g/mol. The van der Waals surface area contributed by atoms with Crippen LogP contribution in [-0.4, -0.2) is 26.3 Å². The molecule has 0 aliphatic heterocycles. The van der Waals surface area contributed by atoms with Gasteiger partial charge in [0.2, 0.25) is 0 Å². The molecule has 0 saturated heterocycles. The van der Waals surface area contributed by atoms with Crippen LogP contribution in [0.2, 0.25) is 5.02 Å². The largest absolute Gasteiger partial charge is 0.493 e. The summed E-state index contributed by atoms with van der Waals surface area (Å²) < 4.78 is 43.0. The minimum absolute atomic E-state index is 0.291. The summed E-state index contributed by atoms with van der Waals surface area (Å²) in [6.07, 6.45) is 10.8. The van der Waals surface area contributed by atoms with E-state index >= 15 is 0 Å². The van der Waals surface area contributed by atoms with Crippen molar-refractivity contribution in [3.8, 4) is 5.75 Å². The molecule has 1 aromatic carbocycles. The lowest BCUT2D eigenvalue weighted by Crippen LogP contribution is -2.14. The van der Waals surface area contributed by atoms with Gasteiger partial charge in [0.25, 0.3) is 0 Å². The Morgan fingerprint density at radius 2 is 1.92 bits per heavy atom. The first-order chi connectivity index (χ1) is 17.0. The Morgan fingerprint density at radius 1 is 1.17 bits per heavy atom. The minimum atomic E-state index is -3.57. The maximum atomic E-state index is 14.1. The Hall–Kier alpha value is -1.66. The van der Waals surface area contributed by atoms with E-state index in [1.54, 1.807) is 6.20 Å². The predicted molar refractivity (Wildman–Crippen MR) is 145 cm³/mol. The van der Waals surface area contributed by atoms with Crippen molar-refractivity contribution >= 4 is 21.4 Å². The standard InChI is InChI=1S/C29H41ClFNO3S/c1-6-8-22(10-9-19(3)20(4)29-21(7-2)15-24(30)18-32-29)26-16-23(26)13-14-35-25-11-12-28(27(31)17-25)36(5,33)34/h11-12,15,17-20,22-23,26H,6-10,13-14,16H2,1-5H3. The first-order valence-corrected chi connectivity index (χ1v) is 15.6. The molecule has 1 heterocycles. The molecule has 0 radical (unpaired) electrons. The molecular formula is C29H41ClFNO3S. The van der Waals surface area contributed by atoms with Crippen molar-refractivity contribution in [2.75, 3.05) is 12.9 Å². The summed E-state index contributed by atoms with van der Waals surface area (Å²) >= 11 is 6.16. The van der Waals surface area contributed by atoms with Gasteiger partial charge in [-0.2, -0.15) is 0 Å². The number of sulfone groups is 1. The maximum absolute atomic E-state index is 14.1. The van der Waals surface area contributed by atoms with E-state index in [-0.39, 0.29) is 4.90 Å². The van der Waals surface area contributed by atoms with Crippen molar-refractivity contribution in [3.05, 3.63) is 52.6 Å². The van der Waals surface area contributed by atoms with Gasteiger partial charge < -0.3 is 4.74 Å². The van der Waals surface area contributed by atoms with Gasteiger partial charge in [0.05, 0.1) is 11.6 Å². The fourth-order valence-electron chi connectivity index (χ4n) is 5.51. The van der Waals surface area contributed by atoms with Crippen LogP contribution in [0.25, 0.3) is 0 Å². The third kappa shape index (κ3) is 7.67. The summed E-state index contributed by atoms with van der Waals surface area (Å²) in [5.41, 5.74) is 2.43. The van der Waals surface area contributed by atoms with E-state index in [9.17, 15) is 12.8 Å². The van der Waals surface area contributed by atoms with Crippen LogP contribution in [-0.2, 0) is 16.3 Å². The Labute approximate surface area is 221 Å². The molecule has 1 fully saturated rings. The second kappa shape index (κ2) is 12.7. The number of halogens is 2. The third-order valence-electron chi connectivity index (χ3n) is 7.93. The molecule has 36 heavy (non-hydrogen) atoms. The molecule has 200 valence electrons. The van der Waals surface area contributed by atoms with Gasteiger partial charge in [0.15, 0.2) is 9.84 Å². The summed E-state index contributed by atoms with van der Waals surface area (Å²) in [6, 6.07) is 6.04. The number of ether oxygens (including phenoxy) is 1. The van der Waals surface area contributed by atoms with Crippen LogP contribution in [0.4, 0.5) is 4.39 Å². The number of rotatable bonds is 14. The van der Waals surface area contributed by atoms with Gasteiger partial charge in [-0.3, -0.25) is 4.98 Å². The highest BCUT2D eigenvalue weighted by Gasteiger charge is 2.41. The van der Waals surface area contributed by atoms with Crippen LogP contribution < -0.4 is 4.74 Å². The second-order valence-electron chi connectivity index (χ2n) is 10.6. The van der Waals surface area contributed by atoms with Gasteiger partial charge in [-0.05, 0) is 79.5 Å². The number of benzene rings is 1. The fourth-order valence-corrected chi connectivity index (χ4v) is 6.41. The first kappa shape index (κ1) is 28.9. The number of hydrogen-bond acceptors (Lipinski definition) is 4. The molecule has 0 amide bonds. The van der Waals surface area contributed by atoms with Crippen molar-refractivity contribution in [2.24, 2.45) is 23.7 Å². The molecule has 4 nitrogen and oxygen atoms in total. The van der Waals surface area contributed by atoms with E-state index in [4.69, 9.17) is 16.3 Å². The molecule has 5 atom stereocenters. The van der Waals surface area contributed by atoms with Crippen molar-refractivity contribution in [1.82, 2.24) is 4.98 Å². The number of hydrogen-bond donors (Lipinski definition) is 0. The zero-order chi connectivity index (χ0) is 26.5. The van der Waals surface area contributed by atoms with Gasteiger partial charge >= 0.3 is 0 Å². The van der Waals surface area contributed by atoms with Gasteiger partial charge in [-0.1, -0.05) is 52.1 Å². The second-order valence-corrected chi connectivity index (χ2v) is 13.0. The van der Waals surface area contributed by atoms with Crippen LogP contribution in [0.15, 0.2) is 35.4 Å². The molecule has 1 saturated carbocycles. The van der Waals surface area contributed by atoms with Crippen LogP contribution in [0.1, 0.15) is 83.4 Å². The smallest absolute Gasteiger partial charge is 0.178 e. The van der Waals surface area contributed by atoms with Crippen LogP contribution >= 0.6 is 11.6 Å². The average Bonchev–Trinajstić information content (AvgIpc) is 3.59. The lowest BCUT2D eigenvalue weighted by atomic mass is 9.82. The minimum Gasteiger partial charge on any atom is -0.493 e. The van der Waals surface area contributed by atoms with Crippen molar-refractivity contribution in [3.63, 3.8) is 0 Å². The highest BCUT2D eigenvalue weighted by molar-refractivity contribution is 7.90. The number of aryl methyl sites for hydroxylation is 1. The molecular weight excluding hydrogens is 497 g/mol. The number of nitrogens with zero attached hydrogens (tertiary/aromatic N) is 1. The van der Waals surface area contributed by atoms with Crippen LogP contribution in [0, 0.1) is 29.5 Å². The summed E-state index contributed by atoms with van der Waals surface area (Å²) in [5, 5.41) is 0.707. The summed E-state index contributed by atoms with van der Waals surface area (Å²) in [6.45, 7) is 9.57. The van der Waals surface area contributed by atoms with Crippen LogP contribution in [0.5, 0.6) is 5.75 Å². The Kier molecular flexibility index (Phi) is 10.2. The van der Waals surface area contributed by atoms with Gasteiger partial charge in [-0.15, -0.1) is 0 Å². The van der Waals surface area contributed by atoms with E-state index in [0.29, 0.717) is 35.1 Å². The summed E-state index contributed by atoms with van der Waals surface area (Å²) in [5.74, 6) is 2.69.